The molecule has 2 aliphatic heterocycles. The molecule has 2 amide bonds. The summed E-state index contributed by atoms with van der Waals surface area (Å²) in [5.74, 6) is -1.15. The zero-order valence-corrected chi connectivity index (χ0v) is 18.0. The van der Waals surface area contributed by atoms with Gasteiger partial charge in [-0.1, -0.05) is 10.4 Å². The first-order valence-corrected chi connectivity index (χ1v) is 10.7. The topological polar surface area (TPSA) is 144 Å². The van der Waals surface area contributed by atoms with Crippen LogP contribution < -0.4 is 15.3 Å². The minimum absolute atomic E-state index is 0.00705. The Hall–Kier alpha value is -4.07. The summed E-state index contributed by atoms with van der Waals surface area (Å²) < 4.78 is 23.6. The molecule has 2 N–H and O–H groups in total. The first kappa shape index (κ1) is 21.8. The van der Waals surface area contributed by atoms with E-state index in [1.165, 1.54) is 22.6 Å². The fraction of sp³-hybridized carbons (Fsp3) is 0.400. The van der Waals surface area contributed by atoms with Crippen molar-refractivity contribution >= 4 is 23.4 Å². The quantitative estimate of drug-likeness (QED) is 0.397. The molecule has 178 valence electrons. The SMILES string of the molecule is O=C(NO)c1cn(C2CCN(c3ccc(N4C[C@H](Cn5ccnn5)OC4=O)cc3F)CC2)nn1. The predicted octanol–water partition coefficient (Wildman–Crippen LogP) is 0.995. The van der Waals surface area contributed by atoms with Gasteiger partial charge >= 0.3 is 6.09 Å². The summed E-state index contributed by atoms with van der Waals surface area (Å²) in [5.41, 5.74) is 2.43. The number of nitrogens with zero attached hydrogens (tertiary/aromatic N) is 8. The Labute approximate surface area is 192 Å². The van der Waals surface area contributed by atoms with E-state index in [4.69, 9.17) is 9.94 Å². The van der Waals surface area contributed by atoms with Gasteiger partial charge in [0, 0.05) is 19.3 Å². The number of carbonyl (C=O) groups is 2. The van der Waals surface area contributed by atoms with Crippen molar-refractivity contribution in [1.29, 1.82) is 0 Å². The molecule has 0 saturated carbocycles. The normalized spacial score (nSPS) is 18.9. The van der Waals surface area contributed by atoms with Crippen LogP contribution in [0.5, 0.6) is 0 Å². The zero-order chi connectivity index (χ0) is 23.7. The molecule has 13 nitrogen and oxygen atoms in total. The molecule has 2 fully saturated rings. The number of halogens is 1. The Morgan fingerprint density at radius 2 is 2.09 bits per heavy atom. The molecule has 2 aromatic heterocycles. The number of carbonyl (C=O) groups excluding carboxylic acids is 2. The summed E-state index contributed by atoms with van der Waals surface area (Å²) in [6, 6.07) is 4.73. The summed E-state index contributed by atoms with van der Waals surface area (Å²) in [6.07, 6.45) is 5.12. The third kappa shape index (κ3) is 4.26. The molecule has 0 bridgehead atoms. The average Bonchev–Trinajstić information content (AvgIpc) is 3.61. The van der Waals surface area contributed by atoms with Gasteiger partial charge in [0.05, 0.1) is 42.9 Å². The minimum Gasteiger partial charge on any atom is -0.442 e. The first-order chi connectivity index (χ1) is 16.5. The van der Waals surface area contributed by atoms with E-state index < -0.39 is 23.9 Å². The van der Waals surface area contributed by atoms with E-state index in [-0.39, 0.29) is 18.3 Å². The highest BCUT2D eigenvalue weighted by Crippen LogP contribution is 2.31. The number of rotatable bonds is 6. The summed E-state index contributed by atoms with van der Waals surface area (Å²) in [4.78, 5) is 27.1. The van der Waals surface area contributed by atoms with Gasteiger partial charge in [0.15, 0.2) is 5.69 Å². The highest BCUT2D eigenvalue weighted by atomic mass is 19.1. The number of piperidine rings is 1. The molecule has 0 spiro atoms. The predicted molar refractivity (Wildman–Crippen MR) is 114 cm³/mol. The second-order valence-electron chi connectivity index (χ2n) is 8.12. The first-order valence-electron chi connectivity index (χ1n) is 10.7. The van der Waals surface area contributed by atoms with Crippen LogP contribution in [0.1, 0.15) is 29.4 Å². The van der Waals surface area contributed by atoms with Crippen LogP contribution in [0.3, 0.4) is 0 Å². The van der Waals surface area contributed by atoms with Crippen LogP contribution in [-0.4, -0.2) is 72.9 Å². The van der Waals surface area contributed by atoms with E-state index in [2.05, 4.69) is 20.6 Å². The van der Waals surface area contributed by atoms with Gasteiger partial charge in [0.25, 0.3) is 5.91 Å². The maximum atomic E-state index is 15.0. The highest BCUT2D eigenvalue weighted by Gasteiger charge is 2.33. The van der Waals surface area contributed by atoms with Crippen molar-refractivity contribution in [3.8, 4) is 0 Å². The highest BCUT2D eigenvalue weighted by molar-refractivity contribution is 5.91. The minimum atomic E-state index is -0.725. The van der Waals surface area contributed by atoms with Gasteiger partial charge in [-0.05, 0) is 31.0 Å². The lowest BCUT2D eigenvalue weighted by Gasteiger charge is -2.33. The molecule has 0 aliphatic carbocycles. The van der Waals surface area contributed by atoms with Crippen LogP contribution in [0.4, 0.5) is 20.6 Å². The summed E-state index contributed by atoms with van der Waals surface area (Å²) in [7, 11) is 0. The van der Waals surface area contributed by atoms with E-state index >= 15 is 4.39 Å². The van der Waals surface area contributed by atoms with Crippen molar-refractivity contribution < 1.29 is 23.9 Å². The van der Waals surface area contributed by atoms with Crippen LogP contribution in [0.15, 0.2) is 36.8 Å². The molecule has 0 radical (unpaired) electrons. The molecule has 1 aromatic carbocycles. The van der Waals surface area contributed by atoms with Gasteiger partial charge in [-0.3, -0.25) is 14.9 Å². The Bertz CT molecular complexity index is 1180. The number of ether oxygens (including phenoxy) is 1. The molecule has 34 heavy (non-hydrogen) atoms. The molecule has 5 rings (SSSR count). The monoisotopic (exact) mass is 471 g/mol. The Kier molecular flexibility index (Phi) is 5.79. The molecule has 0 unspecified atom stereocenters. The van der Waals surface area contributed by atoms with Crippen molar-refractivity contribution in [2.75, 3.05) is 29.4 Å². The zero-order valence-electron chi connectivity index (χ0n) is 18.0. The summed E-state index contributed by atoms with van der Waals surface area (Å²) in [6.45, 7) is 1.81. The maximum Gasteiger partial charge on any atom is 0.414 e. The van der Waals surface area contributed by atoms with E-state index in [0.29, 0.717) is 43.9 Å². The Morgan fingerprint density at radius 1 is 1.26 bits per heavy atom. The number of hydrogen-bond acceptors (Lipinski definition) is 9. The van der Waals surface area contributed by atoms with E-state index in [9.17, 15) is 9.59 Å². The number of cyclic esters (lactones) is 1. The lowest BCUT2D eigenvalue weighted by atomic mass is 10.0. The van der Waals surface area contributed by atoms with Crippen molar-refractivity contribution in [3.05, 3.63) is 48.3 Å². The van der Waals surface area contributed by atoms with Crippen LogP contribution in [0.2, 0.25) is 0 Å². The van der Waals surface area contributed by atoms with Crippen molar-refractivity contribution in [1.82, 2.24) is 35.5 Å². The molecule has 3 aromatic rings. The van der Waals surface area contributed by atoms with Gasteiger partial charge in [0.1, 0.15) is 11.9 Å². The van der Waals surface area contributed by atoms with Crippen LogP contribution in [0.25, 0.3) is 0 Å². The Morgan fingerprint density at radius 3 is 2.79 bits per heavy atom. The van der Waals surface area contributed by atoms with Crippen LogP contribution >= 0.6 is 0 Å². The van der Waals surface area contributed by atoms with Gasteiger partial charge in [-0.15, -0.1) is 10.2 Å². The van der Waals surface area contributed by atoms with Gasteiger partial charge in [-0.2, -0.15) is 0 Å². The third-order valence-electron chi connectivity index (χ3n) is 6.00. The van der Waals surface area contributed by atoms with Crippen molar-refractivity contribution in [3.63, 3.8) is 0 Å². The van der Waals surface area contributed by atoms with E-state index in [0.717, 1.165) is 0 Å². The largest absolute Gasteiger partial charge is 0.442 e. The Balaban J connectivity index is 1.21. The van der Waals surface area contributed by atoms with Crippen LogP contribution in [-0.2, 0) is 11.3 Å². The lowest BCUT2D eigenvalue weighted by molar-refractivity contribution is 0.0700. The smallest absolute Gasteiger partial charge is 0.414 e. The summed E-state index contributed by atoms with van der Waals surface area (Å²) >= 11 is 0. The molecule has 1 atom stereocenters. The van der Waals surface area contributed by atoms with E-state index in [1.54, 1.807) is 33.9 Å². The molecular formula is C20H22FN9O4. The fourth-order valence-electron chi connectivity index (χ4n) is 4.27. The average molecular weight is 471 g/mol. The molecule has 2 saturated heterocycles. The number of hydroxylamine groups is 1. The number of amides is 2. The van der Waals surface area contributed by atoms with Crippen molar-refractivity contribution in [2.45, 2.75) is 31.5 Å². The van der Waals surface area contributed by atoms with Gasteiger partial charge < -0.3 is 9.64 Å². The van der Waals surface area contributed by atoms with Crippen molar-refractivity contribution in [2.24, 2.45) is 0 Å². The summed E-state index contributed by atoms with van der Waals surface area (Å²) in [5, 5.41) is 24.0. The number of anilines is 2. The number of nitrogens with one attached hydrogen (secondary N) is 1. The second kappa shape index (κ2) is 9.05. The lowest BCUT2D eigenvalue weighted by Crippen LogP contribution is -2.35. The second-order valence-corrected chi connectivity index (χ2v) is 8.12. The maximum absolute atomic E-state index is 15.0. The van der Waals surface area contributed by atoms with Gasteiger partial charge in [0.2, 0.25) is 0 Å². The molecule has 4 heterocycles. The van der Waals surface area contributed by atoms with Gasteiger partial charge in [-0.25, -0.2) is 24.0 Å². The fourth-order valence-corrected chi connectivity index (χ4v) is 4.27. The third-order valence-corrected chi connectivity index (χ3v) is 6.00. The number of aromatic nitrogens is 6. The van der Waals surface area contributed by atoms with E-state index in [1.807, 2.05) is 4.90 Å². The molecule has 14 heteroatoms. The standard InChI is InChI=1S/C20H22FN9O4/c21-16-9-14(29-11-15(34-20(29)32)10-28-8-5-22-25-28)1-2-18(16)27-6-3-13(4-7-27)30-12-17(23-26-30)19(31)24-33/h1-2,5,8-9,12-13,15,33H,3-4,6-7,10-11H2,(H,24,31)/t15-/m0/s1. The number of hydrogen-bond donors (Lipinski definition) is 2. The van der Waals surface area contributed by atoms with Crippen LogP contribution in [0, 0.1) is 5.82 Å². The molecule has 2 aliphatic rings. The molecular weight excluding hydrogens is 449 g/mol. The number of benzene rings is 1.